The molecule has 0 spiro atoms. The first-order valence-corrected chi connectivity index (χ1v) is 5.93. The van der Waals surface area contributed by atoms with Gasteiger partial charge < -0.3 is 5.73 Å². The fourth-order valence-electron chi connectivity index (χ4n) is 1.43. The summed E-state index contributed by atoms with van der Waals surface area (Å²) < 4.78 is 13.1. The van der Waals surface area contributed by atoms with Gasteiger partial charge in [-0.3, -0.25) is 0 Å². The van der Waals surface area contributed by atoms with Crippen molar-refractivity contribution in [1.82, 2.24) is 4.98 Å². The molecule has 0 aliphatic heterocycles. The number of aryl methyl sites for hydroxylation is 1. The van der Waals surface area contributed by atoms with Crippen molar-refractivity contribution in [3.8, 4) is 11.3 Å². The summed E-state index contributed by atoms with van der Waals surface area (Å²) in [7, 11) is 0. The Hall–Kier alpha value is -1.26. The number of rotatable bonds is 2. The highest BCUT2D eigenvalue weighted by Gasteiger charge is 2.08. The third-order valence-electron chi connectivity index (χ3n) is 2.37. The Morgan fingerprint density at radius 3 is 2.75 bits per heavy atom. The number of halogens is 1. The van der Waals surface area contributed by atoms with Crippen LogP contribution in [0.5, 0.6) is 0 Å². The molecule has 1 aromatic heterocycles. The summed E-state index contributed by atoms with van der Waals surface area (Å²) in [6.45, 7) is 3.65. The zero-order valence-electron chi connectivity index (χ0n) is 9.20. The summed E-state index contributed by atoms with van der Waals surface area (Å²) in [5, 5.41) is 2.85. The number of hydrogen-bond donors (Lipinski definition) is 1. The lowest BCUT2D eigenvalue weighted by Crippen LogP contribution is -2.03. The van der Waals surface area contributed by atoms with Crippen LogP contribution in [0.3, 0.4) is 0 Å². The Bertz CT molecular complexity index is 505. The van der Waals surface area contributed by atoms with Gasteiger partial charge in [0.05, 0.1) is 11.7 Å². The van der Waals surface area contributed by atoms with Crippen LogP contribution >= 0.6 is 11.3 Å². The second-order valence-corrected chi connectivity index (χ2v) is 4.71. The first-order chi connectivity index (χ1) is 7.58. The van der Waals surface area contributed by atoms with E-state index in [4.69, 9.17) is 5.73 Å². The maximum Gasteiger partial charge on any atom is 0.126 e. The summed E-state index contributed by atoms with van der Waals surface area (Å²) >= 11 is 1.53. The normalized spacial score (nSPS) is 12.8. The van der Waals surface area contributed by atoms with E-state index in [1.54, 1.807) is 19.1 Å². The Balaban J connectivity index is 2.39. The monoisotopic (exact) mass is 236 g/mol. The van der Waals surface area contributed by atoms with Gasteiger partial charge in [-0.2, -0.15) is 0 Å². The quantitative estimate of drug-likeness (QED) is 0.869. The first kappa shape index (κ1) is 11.2. The van der Waals surface area contributed by atoms with Crippen molar-refractivity contribution in [2.45, 2.75) is 19.9 Å². The minimum atomic E-state index is -0.189. The molecule has 2 rings (SSSR count). The van der Waals surface area contributed by atoms with E-state index in [1.165, 1.54) is 17.4 Å². The number of hydrogen-bond acceptors (Lipinski definition) is 3. The van der Waals surface area contributed by atoms with Crippen molar-refractivity contribution in [3.05, 3.63) is 40.0 Å². The van der Waals surface area contributed by atoms with Crippen LogP contribution in [-0.4, -0.2) is 4.98 Å². The molecule has 0 amide bonds. The summed E-state index contributed by atoms with van der Waals surface area (Å²) in [6, 6.07) is 4.95. The number of nitrogens with zero attached hydrogens (tertiary/aromatic N) is 1. The zero-order chi connectivity index (χ0) is 11.7. The Kier molecular flexibility index (Phi) is 3.03. The van der Waals surface area contributed by atoms with Crippen LogP contribution < -0.4 is 5.73 Å². The molecule has 2 nitrogen and oxygen atoms in total. The highest BCUT2D eigenvalue weighted by Crippen LogP contribution is 2.25. The maximum absolute atomic E-state index is 13.1. The lowest BCUT2D eigenvalue weighted by Gasteiger charge is -2.01. The molecule has 0 radical (unpaired) electrons. The SMILES string of the molecule is Cc1cc(-c2csc(C(C)N)n2)ccc1F. The van der Waals surface area contributed by atoms with E-state index in [0.717, 1.165) is 16.3 Å². The van der Waals surface area contributed by atoms with E-state index < -0.39 is 0 Å². The minimum absolute atomic E-state index is 0.0553. The van der Waals surface area contributed by atoms with Gasteiger partial charge in [0.1, 0.15) is 10.8 Å². The molecular weight excluding hydrogens is 223 g/mol. The molecule has 4 heteroatoms. The lowest BCUT2D eigenvalue weighted by atomic mass is 10.1. The van der Waals surface area contributed by atoms with Crippen LogP contribution in [-0.2, 0) is 0 Å². The standard InChI is InChI=1S/C12H13FN2S/c1-7-5-9(3-4-10(7)13)11-6-16-12(15-11)8(2)14/h3-6,8H,14H2,1-2H3. The Morgan fingerprint density at radius 2 is 2.19 bits per heavy atom. The van der Waals surface area contributed by atoms with E-state index in [0.29, 0.717) is 5.56 Å². The van der Waals surface area contributed by atoms with Gasteiger partial charge in [-0.05, 0) is 37.6 Å². The van der Waals surface area contributed by atoms with Gasteiger partial charge in [0.25, 0.3) is 0 Å². The third-order valence-corrected chi connectivity index (χ3v) is 3.41. The number of aromatic nitrogens is 1. The van der Waals surface area contributed by atoms with Gasteiger partial charge in [-0.1, -0.05) is 0 Å². The fourth-order valence-corrected chi connectivity index (χ4v) is 2.22. The molecule has 1 unspecified atom stereocenters. The topological polar surface area (TPSA) is 38.9 Å². The van der Waals surface area contributed by atoms with Crippen LogP contribution in [0.15, 0.2) is 23.6 Å². The average Bonchev–Trinajstić information content (AvgIpc) is 2.71. The zero-order valence-corrected chi connectivity index (χ0v) is 10.0. The lowest BCUT2D eigenvalue weighted by molar-refractivity contribution is 0.619. The maximum atomic E-state index is 13.1. The molecular formula is C12H13FN2S. The molecule has 0 bridgehead atoms. The Morgan fingerprint density at radius 1 is 1.44 bits per heavy atom. The van der Waals surface area contributed by atoms with Gasteiger partial charge >= 0.3 is 0 Å². The molecule has 16 heavy (non-hydrogen) atoms. The van der Waals surface area contributed by atoms with E-state index in [1.807, 2.05) is 12.3 Å². The number of thiazole rings is 1. The molecule has 2 aromatic rings. The minimum Gasteiger partial charge on any atom is -0.322 e. The summed E-state index contributed by atoms with van der Waals surface area (Å²) in [4.78, 5) is 4.42. The summed E-state index contributed by atoms with van der Waals surface area (Å²) in [5.74, 6) is -0.189. The molecule has 1 aromatic carbocycles. The van der Waals surface area contributed by atoms with Gasteiger partial charge in [-0.25, -0.2) is 9.37 Å². The van der Waals surface area contributed by atoms with Crippen LogP contribution in [0.25, 0.3) is 11.3 Å². The molecule has 0 saturated carbocycles. The Labute approximate surface area is 97.9 Å². The molecule has 84 valence electrons. The van der Waals surface area contributed by atoms with Crippen molar-refractivity contribution in [3.63, 3.8) is 0 Å². The van der Waals surface area contributed by atoms with Crippen molar-refractivity contribution < 1.29 is 4.39 Å². The van der Waals surface area contributed by atoms with Gasteiger partial charge in [0, 0.05) is 10.9 Å². The molecule has 0 fully saturated rings. The molecule has 0 aliphatic carbocycles. The number of nitrogens with two attached hydrogens (primary N) is 1. The van der Waals surface area contributed by atoms with Gasteiger partial charge in [0.2, 0.25) is 0 Å². The van der Waals surface area contributed by atoms with Gasteiger partial charge in [-0.15, -0.1) is 11.3 Å². The average molecular weight is 236 g/mol. The third kappa shape index (κ3) is 2.13. The van der Waals surface area contributed by atoms with E-state index in [-0.39, 0.29) is 11.9 Å². The molecule has 1 atom stereocenters. The second kappa shape index (κ2) is 4.31. The largest absolute Gasteiger partial charge is 0.322 e. The van der Waals surface area contributed by atoms with Crippen LogP contribution in [0.1, 0.15) is 23.5 Å². The van der Waals surface area contributed by atoms with E-state index >= 15 is 0 Å². The first-order valence-electron chi connectivity index (χ1n) is 5.05. The smallest absolute Gasteiger partial charge is 0.126 e. The predicted molar refractivity (Wildman–Crippen MR) is 64.8 cm³/mol. The van der Waals surface area contributed by atoms with Crippen molar-refractivity contribution in [1.29, 1.82) is 0 Å². The number of benzene rings is 1. The van der Waals surface area contributed by atoms with Crippen molar-refractivity contribution in [2.75, 3.05) is 0 Å². The second-order valence-electron chi connectivity index (χ2n) is 3.82. The molecule has 2 N–H and O–H groups in total. The predicted octanol–water partition coefficient (Wildman–Crippen LogP) is 3.28. The van der Waals surface area contributed by atoms with Crippen LogP contribution in [0.4, 0.5) is 4.39 Å². The van der Waals surface area contributed by atoms with Crippen LogP contribution in [0.2, 0.25) is 0 Å². The van der Waals surface area contributed by atoms with Crippen molar-refractivity contribution >= 4 is 11.3 Å². The van der Waals surface area contributed by atoms with E-state index in [2.05, 4.69) is 4.98 Å². The molecule has 1 heterocycles. The molecule has 0 saturated heterocycles. The highest BCUT2D eigenvalue weighted by atomic mass is 32.1. The summed E-state index contributed by atoms with van der Waals surface area (Å²) in [5.41, 5.74) is 8.17. The molecule has 0 aliphatic rings. The van der Waals surface area contributed by atoms with Crippen LogP contribution in [0, 0.1) is 12.7 Å². The van der Waals surface area contributed by atoms with E-state index in [9.17, 15) is 4.39 Å². The summed E-state index contributed by atoms with van der Waals surface area (Å²) in [6.07, 6.45) is 0. The van der Waals surface area contributed by atoms with Gasteiger partial charge in [0.15, 0.2) is 0 Å². The highest BCUT2D eigenvalue weighted by molar-refractivity contribution is 7.10. The van der Waals surface area contributed by atoms with Crippen molar-refractivity contribution in [2.24, 2.45) is 5.73 Å². The fraction of sp³-hybridized carbons (Fsp3) is 0.250.